The SMILES string of the molecule is CNC(=O)[C@H](Cc1ccccc1)N(Cc1c(Cl)cccc1Cl)C(=O)CN(c1cc([N+](=O)[O-])ccc1OC)S(C)(=O)=O. The summed E-state index contributed by atoms with van der Waals surface area (Å²) in [6, 6.07) is 16.0. The summed E-state index contributed by atoms with van der Waals surface area (Å²) in [4.78, 5) is 39.2. The number of sulfonamides is 1. The molecule has 14 heteroatoms. The molecule has 1 N–H and O–H groups in total. The van der Waals surface area contributed by atoms with Crippen molar-refractivity contribution in [2.24, 2.45) is 0 Å². The quantitative estimate of drug-likeness (QED) is 0.237. The zero-order valence-electron chi connectivity index (χ0n) is 22.4. The molecule has 0 spiro atoms. The van der Waals surface area contributed by atoms with Crippen LogP contribution in [-0.2, 0) is 32.6 Å². The molecule has 1 atom stereocenters. The number of carbonyl (C=O) groups excluding carboxylic acids is 2. The first-order chi connectivity index (χ1) is 19.4. The Morgan fingerprint density at radius 3 is 2.22 bits per heavy atom. The van der Waals surface area contributed by atoms with Crippen LogP contribution < -0.4 is 14.4 Å². The fourth-order valence-electron chi connectivity index (χ4n) is 4.16. The van der Waals surface area contributed by atoms with Crippen molar-refractivity contribution in [3.05, 3.63) is 98.0 Å². The van der Waals surface area contributed by atoms with Crippen LogP contribution in [0.15, 0.2) is 66.7 Å². The fraction of sp³-hybridized carbons (Fsp3) is 0.259. The molecule has 0 saturated heterocycles. The van der Waals surface area contributed by atoms with Crippen molar-refractivity contribution in [1.29, 1.82) is 0 Å². The van der Waals surface area contributed by atoms with Gasteiger partial charge in [0.1, 0.15) is 24.0 Å². The van der Waals surface area contributed by atoms with E-state index >= 15 is 0 Å². The van der Waals surface area contributed by atoms with Crippen LogP contribution in [0.5, 0.6) is 5.75 Å². The Morgan fingerprint density at radius 2 is 1.68 bits per heavy atom. The summed E-state index contributed by atoms with van der Waals surface area (Å²) in [7, 11) is -1.51. The van der Waals surface area contributed by atoms with E-state index in [1.165, 1.54) is 25.1 Å². The molecule has 0 aliphatic heterocycles. The maximum atomic E-state index is 14.1. The lowest BCUT2D eigenvalue weighted by molar-refractivity contribution is -0.384. The van der Waals surface area contributed by atoms with E-state index in [1.807, 2.05) is 0 Å². The monoisotopic (exact) mass is 622 g/mol. The summed E-state index contributed by atoms with van der Waals surface area (Å²) in [5.74, 6) is -1.31. The number of benzene rings is 3. The van der Waals surface area contributed by atoms with Crippen LogP contribution in [0, 0.1) is 10.1 Å². The molecule has 0 bridgehead atoms. The molecule has 0 fully saturated rings. The number of amides is 2. The number of nitrogens with one attached hydrogen (secondary N) is 1. The Morgan fingerprint density at radius 1 is 1.05 bits per heavy atom. The Bertz CT molecular complexity index is 1520. The minimum Gasteiger partial charge on any atom is -0.495 e. The number of nitrogens with zero attached hydrogens (tertiary/aromatic N) is 3. The largest absolute Gasteiger partial charge is 0.495 e. The highest BCUT2D eigenvalue weighted by Crippen LogP contribution is 2.34. The topological polar surface area (TPSA) is 139 Å². The van der Waals surface area contributed by atoms with Crippen LogP contribution in [0.1, 0.15) is 11.1 Å². The molecule has 0 aromatic heterocycles. The van der Waals surface area contributed by atoms with E-state index in [4.69, 9.17) is 27.9 Å². The third-order valence-corrected chi connectivity index (χ3v) is 8.06. The first-order valence-electron chi connectivity index (χ1n) is 12.1. The Kier molecular flexibility index (Phi) is 10.5. The number of non-ortho nitro benzene ring substituents is 1. The van der Waals surface area contributed by atoms with Crippen LogP contribution in [0.25, 0.3) is 0 Å². The third-order valence-electron chi connectivity index (χ3n) is 6.23. The van der Waals surface area contributed by atoms with Gasteiger partial charge in [-0.2, -0.15) is 0 Å². The summed E-state index contributed by atoms with van der Waals surface area (Å²) >= 11 is 12.8. The van der Waals surface area contributed by atoms with Gasteiger partial charge in [-0.05, 0) is 23.8 Å². The number of nitro groups is 1. The lowest BCUT2D eigenvalue weighted by atomic mass is 10.0. The summed E-state index contributed by atoms with van der Waals surface area (Å²) in [5, 5.41) is 14.5. The fourth-order valence-corrected chi connectivity index (χ4v) is 5.52. The highest BCUT2D eigenvalue weighted by Gasteiger charge is 2.34. The molecule has 0 heterocycles. The number of halogens is 2. The van der Waals surface area contributed by atoms with Crippen LogP contribution in [0.2, 0.25) is 10.0 Å². The first-order valence-corrected chi connectivity index (χ1v) is 14.8. The molecule has 0 radical (unpaired) electrons. The maximum absolute atomic E-state index is 14.1. The van der Waals surface area contributed by atoms with Gasteiger partial charge in [-0.1, -0.05) is 59.6 Å². The number of nitro benzene ring substituents is 1. The van der Waals surface area contributed by atoms with Crippen molar-refractivity contribution >= 4 is 56.4 Å². The molecule has 218 valence electrons. The van der Waals surface area contributed by atoms with E-state index in [9.17, 15) is 28.1 Å². The standard InChI is InChI=1S/C27H28Cl2N4O7S/c1-30-27(35)24(14-18-8-5-4-6-9-18)31(16-20-21(28)10-7-11-22(20)29)26(34)17-32(41(3,38)39)23-15-19(33(36)37)12-13-25(23)40-2/h4-13,15,24H,14,16-17H2,1-3H3,(H,30,35)/t24-/m0/s1. The van der Waals surface area contributed by atoms with Crippen molar-refractivity contribution in [3.8, 4) is 5.75 Å². The molecule has 0 saturated carbocycles. The van der Waals surface area contributed by atoms with Crippen molar-refractivity contribution < 1.29 is 27.7 Å². The van der Waals surface area contributed by atoms with Crippen molar-refractivity contribution in [2.75, 3.05) is 31.3 Å². The van der Waals surface area contributed by atoms with Gasteiger partial charge in [-0.3, -0.25) is 24.0 Å². The minimum absolute atomic E-state index is 0.0124. The van der Waals surface area contributed by atoms with Gasteiger partial charge in [0, 0.05) is 47.8 Å². The molecule has 3 aromatic carbocycles. The number of methoxy groups -OCH3 is 1. The highest BCUT2D eigenvalue weighted by molar-refractivity contribution is 7.92. The van der Waals surface area contributed by atoms with Gasteiger partial charge < -0.3 is 15.0 Å². The van der Waals surface area contributed by atoms with E-state index in [2.05, 4.69) is 5.32 Å². The highest BCUT2D eigenvalue weighted by atomic mass is 35.5. The molecule has 0 aliphatic carbocycles. The molecule has 0 aliphatic rings. The normalized spacial score (nSPS) is 11.8. The predicted octanol–water partition coefficient (Wildman–Crippen LogP) is 4.06. The van der Waals surface area contributed by atoms with Gasteiger partial charge >= 0.3 is 0 Å². The van der Waals surface area contributed by atoms with Gasteiger partial charge in [-0.15, -0.1) is 0 Å². The molecule has 3 aromatic rings. The summed E-state index contributed by atoms with van der Waals surface area (Å²) in [6.07, 6.45) is 0.946. The van der Waals surface area contributed by atoms with Gasteiger partial charge in [0.05, 0.1) is 18.3 Å². The van der Waals surface area contributed by atoms with Crippen molar-refractivity contribution in [1.82, 2.24) is 10.2 Å². The Hall–Kier alpha value is -3.87. The summed E-state index contributed by atoms with van der Waals surface area (Å²) < 4.78 is 31.9. The van der Waals surface area contributed by atoms with E-state index in [0.717, 1.165) is 24.0 Å². The maximum Gasteiger partial charge on any atom is 0.271 e. The van der Waals surface area contributed by atoms with Crippen molar-refractivity contribution in [2.45, 2.75) is 19.0 Å². The number of anilines is 1. The van der Waals surface area contributed by atoms with Gasteiger partial charge in [0.25, 0.3) is 5.69 Å². The van der Waals surface area contributed by atoms with Gasteiger partial charge in [0.15, 0.2) is 0 Å². The lowest BCUT2D eigenvalue weighted by Crippen LogP contribution is -2.53. The number of rotatable bonds is 12. The molecule has 0 unspecified atom stereocenters. The minimum atomic E-state index is -4.19. The third kappa shape index (κ3) is 7.87. The van der Waals surface area contributed by atoms with Crippen molar-refractivity contribution in [3.63, 3.8) is 0 Å². The molecule has 41 heavy (non-hydrogen) atoms. The number of carbonyl (C=O) groups is 2. The summed E-state index contributed by atoms with van der Waals surface area (Å²) in [5.41, 5.74) is 0.469. The Labute approximate surface area is 247 Å². The molecular weight excluding hydrogens is 595 g/mol. The van der Waals surface area contributed by atoms with Crippen LogP contribution >= 0.6 is 23.2 Å². The number of hydrogen-bond donors (Lipinski definition) is 1. The number of likely N-dealkylation sites (N-methyl/N-ethyl adjacent to an activating group) is 1. The van der Waals surface area contributed by atoms with Gasteiger partial charge in [0.2, 0.25) is 21.8 Å². The molecule has 3 rings (SSSR count). The zero-order valence-corrected chi connectivity index (χ0v) is 24.7. The second-order valence-electron chi connectivity index (χ2n) is 8.92. The lowest BCUT2D eigenvalue weighted by Gasteiger charge is -2.33. The smallest absolute Gasteiger partial charge is 0.271 e. The predicted molar refractivity (Wildman–Crippen MR) is 157 cm³/mol. The Balaban J connectivity index is 2.14. The number of ether oxygens (including phenoxy) is 1. The van der Waals surface area contributed by atoms with E-state index < -0.39 is 45.0 Å². The second-order valence-corrected chi connectivity index (χ2v) is 11.6. The average Bonchev–Trinajstić information content (AvgIpc) is 2.93. The van der Waals surface area contributed by atoms with Crippen LogP contribution in [0.4, 0.5) is 11.4 Å². The zero-order chi connectivity index (χ0) is 30.3. The first kappa shape index (κ1) is 31.7. The van der Waals surface area contributed by atoms with E-state index in [0.29, 0.717) is 9.87 Å². The van der Waals surface area contributed by atoms with E-state index in [1.54, 1.807) is 48.5 Å². The van der Waals surface area contributed by atoms with E-state index in [-0.39, 0.29) is 34.4 Å². The van der Waals surface area contributed by atoms with Crippen LogP contribution in [0.3, 0.4) is 0 Å². The van der Waals surface area contributed by atoms with Gasteiger partial charge in [-0.25, -0.2) is 8.42 Å². The molecular formula is C27H28Cl2N4O7S. The molecule has 11 nitrogen and oxygen atoms in total. The average molecular weight is 624 g/mol. The molecule has 2 amide bonds. The van der Waals surface area contributed by atoms with Crippen LogP contribution in [-0.4, -0.2) is 63.1 Å². The number of hydrogen-bond acceptors (Lipinski definition) is 7. The summed E-state index contributed by atoms with van der Waals surface area (Å²) in [6.45, 7) is -1.04. The second kappa shape index (κ2) is 13.7.